The molecule has 0 atom stereocenters. The first-order chi connectivity index (χ1) is 9.88. The second-order valence-corrected chi connectivity index (χ2v) is 4.59. The lowest BCUT2D eigenvalue weighted by atomic mass is 9.99. The highest BCUT2D eigenvalue weighted by Crippen LogP contribution is 2.19. The fourth-order valence-corrected chi connectivity index (χ4v) is 2.02. The second-order valence-electron chi connectivity index (χ2n) is 4.59. The van der Waals surface area contributed by atoms with Crippen molar-refractivity contribution in [3.63, 3.8) is 0 Å². The van der Waals surface area contributed by atoms with E-state index in [4.69, 9.17) is 11.5 Å². The number of carbonyl (C=O) groups excluding carboxylic acids is 2. The number of nitrogens with two attached hydrogens (primary N) is 2. The van der Waals surface area contributed by atoms with Crippen LogP contribution in [0.5, 0.6) is 0 Å². The van der Waals surface area contributed by atoms with E-state index < -0.39 is 11.9 Å². The summed E-state index contributed by atoms with van der Waals surface area (Å²) in [5, 5.41) is 21.8. The zero-order chi connectivity index (χ0) is 15.6. The van der Waals surface area contributed by atoms with Crippen molar-refractivity contribution in [2.24, 2.45) is 0 Å². The van der Waals surface area contributed by atoms with Crippen molar-refractivity contribution >= 4 is 23.3 Å². The van der Waals surface area contributed by atoms with Crippen LogP contribution in [0.2, 0.25) is 0 Å². The third kappa shape index (κ3) is 3.11. The van der Waals surface area contributed by atoms with Gasteiger partial charge in [-0.3, -0.25) is 0 Å². The van der Waals surface area contributed by atoms with Crippen molar-refractivity contribution in [1.29, 1.82) is 0 Å². The van der Waals surface area contributed by atoms with Gasteiger partial charge in [0.15, 0.2) is 0 Å². The summed E-state index contributed by atoms with van der Waals surface area (Å²) >= 11 is 0. The van der Waals surface area contributed by atoms with E-state index in [1.165, 1.54) is 24.3 Å². The van der Waals surface area contributed by atoms with Gasteiger partial charge in [-0.25, -0.2) is 0 Å². The van der Waals surface area contributed by atoms with Crippen LogP contribution in [0.15, 0.2) is 36.4 Å². The summed E-state index contributed by atoms with van der Waals surface area (Å²) in [6, 6.07) is 9.07. The topological polar surface area (TPSA) is 132 Å². The summed E-state index contributed by atoms with van der Waals surface area (Å²) < 4.78 is 0. The Balaban J connectivity index is 2.34. The molecule has 0 fully saturated rings. The van der Waals surface area contributed by atoms with E-state index in [2.05, 4.69) is 0 Å². The molecule has 0 unspecified atom stereocenters. The third-order valence-electron chi connectivity index (χ3n) is 3.08. The number of nitrogen functional groups attached to an aromatic ring is 2. The first-order valence-electron chi connectivity index (χ1n) is 6.08. The normalized spacial score (nSPS) is 10.3. The largest absolute Gasteiger partial charge is 0.545 e. The van der Waals surface area contributed by atoms with Crippen molar-refractivity contribution < 1.29 is 19.8 Å². The molecule has 21 heavy (non-hydrogen) atoms. The summed E-state index contributed by atoms with van der Waals surface area (Å²) in [4.78, 5) is 21.8. The molecule has 0 amide bonds. The van der Waals surface area contributed by atoms with Crippen LogP contribution in [0.4, 0.5) is 11.4 Å². The maximum Gasteiger partial charge on any atom is 0.0736 e. The Bertz CT molecular complexity index is 664. The molecular formula is C15H12N2O4-2. The lowest BCUT2D eigenvalue weighted by Crippen LogP contribution is -2.24. The van der Waals surface area contributed by atoms with Crippen LogP contribution in [-0.4, -0.2) is 11.9 Å². The van der Waals surface area contributed by atoms with Crippen LogP contribution < -0.4 is 21.7 Å². The Morgan fingerprint density at radius 2 is 1.19 bits per heavy atom. The molecule has 2 aromatic rings. The average molecular weight is 284 g/mol. The number of aromatic carboxylic acids is 2. The van der Waals surface area contributed by atoms with Crippen molar-refractivity contribution in [2.75, 3.05) is 11.5 Å². The monoisotopic (exact) mass is 284 g/mol. The summed E-state index contributed by atoms with van der Waals surface area (Å²) in [5.41, 5.74) is 12.5. The fraction of sp³-hybridized carbons (Fsp3) is 0.0667. The minimum atomic E-state index is -1.36. The van der Waals surface area contributed by atoms with Crippen molar-refractivity contribution in [3.8, 4) is 0 Å². The summed E-state index contributed by atoms with van der Waals surface area (Å²) in [5.74, 6) is -2.72. The van der Waals surface area contributed by atoms with E-state index in [1.54, 1.807) is 12.1 Å². The van der Waals surface area contributed by atoms with Gasteiger partial charge in [0.05, 0.1) is 11.9 Å². The molecule has 6 nitrogen and oxygen atoms in total. The molecule has 0 heterocycles. The highest BCUT2D eigenvalue weighted by molar-refractivity contribution is 5.93. The molecule has 108 valence electrons. The van der Waals surface area contributed by atoms with Crippen molar-refractivity contribution in [1.82, 2.24) is 0 Å². The molecule has 0 bridgehead atoms. The average Bonchev–Trinajstić information content (AvgIpc) is 2.42. The van der Waals surface area contributed by atoms with Gasteiger partial charge in [-0.05, 0) is 41.8 Å². The molecule has 4 N–H and O–H groups in total. The van der Waals surface area contributed by atoms with Gasteiger partial charge in [-0.1, -0.05) is 12.1 Å². The lowest BCUT2D eigenvalue weighted by Gasteiger charge is -2.12. The van der Waals surface area contributed by atoms with Crippen LogP contribution in [-0.2, 0) is 6.42 Å². The number of rotatable bonds is 4. The van der Waals surface area contributed by atoms with Crippen molar-refractivity contribution in [3.05, 3.63) is 58.7 Å². The fourth-order valence-electron chi connectivity index (χ4n) is 2.02. The molecule has 0 aromatic heterocycles. The summed E-state index contributed by atoms with van der Waals surface area (Å²) in [6.45, 7) is 0. The maximum atomic E-state index is 10.9. The number of hydrogen-bond donors (Lipinski definition) is 2. The standard InChI is InChI=1S/C15H14N2O4/c16-12-3-1-8(6-10(12)14(18)19)5-9-2-4-13(17)11(7-9)15(20)21/h1-4,6-7H,5,16-17H2,(H,18,19)(H,20,21)/p-2. The molecule has 0 radical (unpaired) electrons. The second kappa shape index (κ2) is 5.54. The highest BCUT2D eigenvalue weighted by atomic mass is 16.4. The quantitative estimate of drug-likeness (QED) is 0.704. The molecule has 0 spiro atoms. The van der Waals surface area contributed by atoms with E-state index >= 15 is 0 Å². The third-order valence-corrected chi connectivity index (χ3v) is 3.08. The molecule has 0 aliphatic heterocycles. The molecular weight excluding hydrogens is 272 g/mol. The Kier molecular flexibility index (Phi) is 3.80. The van der Waals surface area contributed by atoms with E-state index in [0.717, 1.165) is 0 Å². The van der Waals surface area contributed by atoms with Crippen LogP contribution in [0, 0.1) is 0 Å². The van der Waals surface area contributed by atoms with Gasteiger partial charge < -0.3 is 31.3 Å². The van der Waals surface area contributed by atoms with Gasteiger partial charge in [-0.15, -0.1) is 0 Å². The minimum Gasteiger partial charge on any atom is -0.545 e. The lowest BCUT2D eigenvalue weighted by molar-refractivity contribution is -0.256. The van der Waals surface area contributed by atoms with Gasteiger partial charge in [0.2, 0.25) is 0 Å². The van der Waals surface area contributed by atoms with Crippen LogP contribution >= 0.6 is 0 Å². The van der Waals surface area contributed by atoms with E-state index in [9.17, 15) is 19.8 Å². The van der Waals surface area contributed by atoms with Crippen LogP contribution in [0.1, 0.15) is 31.8 Å². The van der Waals surface area contributed by atoms with Gasteiger partial charge in [0.1, 0.15) is 0 Å². The van der Waals surface area contributed by atoms with Gasteiger partial charge in [0.25, 0.3) is 0 Å². The first kappa shape index (κ1) is 14.4. The number of anilines is 2. The zero-order valence-electron chi connectivity index (χ0n) is 11.0. The number of hydrogen-bond acceptors (Lipinski definition) is 6. The van der Waals surface area contributed by atoms with E-state index in [-0.39, 0.29) is 22.5 Å². The predicted molar refractivity (Wildman–Crippen MR) is 73.2 cm³/mol. The SMILES string of the molecule is Nc1ccc(Cc2ccc(N)c(C(=O)[O-])c2)cc1C(=O)[O-]. The molecule has 6 heteroatoms. The molecule has 0 saturated heterocycles. The van der Waals surface area contributed by atoms with Crippen molar-refractivity contribution in [2.45, 2.75) is 6.42 Å². The molecule has 0 aliphatic rings. The maximum absolute atomic E-state index is 10.9. The summed E-state index contributed by atoms with van der Waals surface area (Å²) in [7, 11) is 0. The molecule has 0 saturated carbocycles. The minimum absolute atomic E-state index is 0.0944. The zero-order valence-corrected chi connectivity index (χ0v) is 11.0. The Morgan fingerprint density at radius 1 is 0.810 bits per heavy atom. The number of benzene rings is 2. The Morgan fingerprint density at radius 3 is 1.52 bits per heavy atom. The van der Waals surface area contributed by atoms with Gasteiger partial charge >= 0.3 is 0 Å². The van der Waals surface area contributed by atoms with Gasteiger partial charge in [-0.2, -0.15) is 0 Å². The Labute approximate surface area is 120 Å². The Hall–Kier alpha value is -3.02. The summed E-state index contributed by atoms with van der Waals surface area (Å²) in [6.07, 6.45) is 0.334. The highest BCUT2D eigenvalue weighted by Gasteiger charge is 2.06. The predicted octanol–water partition coefficient (Wildman–Crippen LogP) is -0.831. The van der Waals surface area contributed by atoms with Crippen LogP contribution in [0.25, 0.3) is 0 Å². The first-order valence-corrected chi connectivity index (χ1v) is 6.08. The number of carboxylic acids is 2. The van der Waals surface area contributed by atoms with E-state index in [0.29, 0.717) is 17.5 Å². The molecule has 2 rings (SSSR count). The van der Waals surface area contributed by atoms with Gasteiger partial charge in [0, 0.05) is 22.5 Å². The molecule has 2 aromatic carbocycles. The molecule has 0 aliphatic carbocycles. The smallest absolute Gasteiger partial charge is 0.0736 e. The van der Waals surface area contributed by atoms with Crippen LogP contribution in [0.3, 0.4) is 0 Å². The number of carboxylic acid groups (broad SMARTS) is 2. The van der Waals surface area contributed by atoms with E-state index in [1.807, 2.05) is 0 Å². The number of carbonyl (C=O) groups is 2.